The van der Waals surface area contributed by atoms with Gasteiger partial charge in [0.15, 0.2) is 5.15 Å². The van der Waals surface area contributed by atoms with Crippen molar-refractivity contribution in [2.75, 3.05) is 6.61 Å². The number of hydrogen-bond donors (Lipinski definition) is 0. The van der Waals surface area contributed by atoms with Gasteiger partial charge in [0, 0.05) is 31.0 Å². The predicted octanol–water partition coefficient (Wildman–Crippen LogP) is 2.98. The molecule has 2 fully saturated rings. The zero-order valence-electron chi connectivity index (χ0n) is 14.1. The summed E-state index contributed by atoms with van der Waals surface area (Å²) in [6.45, 7) is 4.20. The number of hydrogen-bond acceptors (Lipinski definition) is 5. The monoisotopic (exact) mass is 354 g/mol. The molecule has 2 saturated heterocycles. The fourth-order valence-corrected chi connectivity index (χ4v) is 4.50. The second kappa shape index (κ2) is 6.75. The fourth-order valence-electron chi connectivity index (χ4n) is 4.34. The highest BCUT2D eigenvalue weighted by atomic mass is 35.5. The number of aryl methyl sites for hydroxylation is 1. The van der Waals surface area contributed by atoms with Gasteiger partial charge in [-0.15, -0.1) is 0 Å². The summed E-state index contributed by atoms with van der Waals surface area (Å²) in [5.74, 6) is 0.515. The molecule has 0 radical (unpaired) electrons. The number of carbonyl (C=O) groups is 2. The molecule has 0 unspecified atom stereocenters. The molecule has 7 heteroatoms. The van der Waals surface area contributed by atoms with Crippen molar-refractivity contribution in [3.8, 4) is 0 Å². The lowest BCUT2D eigenvalue weighted by molar-refractivity contribution is -0.158. The van der Waals surface area contributed by atoms with E-state index in [2.05, 4.69) is 5.16 Å². The third-order valence-electron chi connectivity index (χ3n) is 5.46. The molecule has 3 atom stereocenters. The zero-order chi connectivity index (χ0) is 17.3. The predicted molar refractivity (Wildman–Crippen MR) is 87.5 cm³/mol. The average Bonchev–Trinajstić information content (AvgIpc) is 3.26. The van der Waals surface area contributed by atoms with Gasteiger partial charge in [-0.25, -0.2) is 0 Å². The van der Waals surface area contributed by atoms with Gasteiger partial charge in [-0.3, -0.25) is 9.59 Å². The Morgan fingerprint density at radius 3 is 2.88 bits per heavy atom. The van der Waals surface area contributed by atoms with Crippen LogP contribution in [0.2, 0.25) is 5.15 Å². The smallest absolute Gasteiger partial charge is 0.314 e. The van der Waals surface area contributed by atoms with Crippen LogP contribution < -0.4 is 0 Å². The van der Waals surface area contributed by atoms with E-state index in [1.165, 1.54) is 0 Å². The Morgan fingerprint density at radius 1 is 1.46 bits per heavy atom. The number of esters is 1. The normalized spacial score (nSPS) is 28.4. The molecule has 0 spiro atoms. The number of halogens is 1. The second-order valence-corrected chi connectivity index (χ2v) is 6.99. The molecule has 1 aromatic heterocycles. The minimum absolute atomic E-state index is 0.0441. The Labute approximate surface area is 146 Å². The minimum atomic E-state index is -0.538. The molecule has 132 valence electrons. The third kappa shape index (κ3) is 2.81. The largest absolute Gasteiger partial charge is 0.466 e. The van der Waals surface area contributed by atoms with E-state index in [9.17, 15) is 9.59 Å². The van der Waals surface area contributed by atoms with Crippen molar-refractivity contribution in [2.45, 2.75) is 64.5 Å². The van der Waals surface area contributed by atoms with E-state index in [0.29, 0.717) is 43.2 Å². The Morgan fingerprint density at radius 2 is 2.25 bits per heavy atom. The first kappa shape index (κ1) is 17.3. The van der Waals surface area contributed by atoms with Crippen molar-refractivity contribution in [2.24, 2.45) is 5.41 Å². The highest BCUT2D eigenvalue weighted by Gasteiger charge is 2.60. The molecule has 1 amide bonds. The Bertz CT molecular complexity index is 632. The van der Waals surface area contributed by atoms with E-state index in [-0.39, 0.29) is 24.0 Å². The molecular formula is C17H23ClN2O4. The molecule has 3 heterocycles. The van der Waals surface area contributed by atoms with Gasteiger partial charge >= 0.3 is 5.97 Å². The van der Waals surface area contributed by atoms with Gasteiger partial charge in [0.2, 0.25) is 5.91 Å². The van der Waals surface area contributed by atoms with Crippen molar-refractivity contribution in [1.29, 1.82) is 0 Å². The third-order valence-corrected chi connectivity index (χ3v) is 5.63. The topological polar surface area (TPSA) is 72.6 Å². The zero-order valence-corrected chi connectivity index (χ0v) is 14.8. The molecule has 0 aliphatic carbocycles. The van der Waals surface area contributed by atoms with Crippen LogP contribution in [-0.2, 0) is 20.7 Å². The van der Waals surface area contributed by atoms with Crippen molar-refractivity contribution >= 4 is 23.5 Å². The number of nitrogens with zero attached hydrogens (tertiary/aromatic N) is 2. The molecule has 6 nitrogen and oxygen atoms in total. The Balaban J connectivity index is 1.70. The van der Waals surface area contributed by atoms with E-state index in [4.69, 9.17) is 20.9 Å². The van der Waals surface area contributed by atoms with Crippen LogP contribution in [0.1, 0.15) is 51.7 Å². The number of aromatic nitrogens is 1. The molecule has 0 saturated carbocycles. The molecule has 2 bridgehead atoms. The maximum absolute atomic E-state index is 12.7. The van der Waals surface area contributed by atoms with Gasteiger partial charge in [-0.1, -0.05) is 23.7 Å². The van der Waals surface area contributed by atoms with Crippen LogP contribution in [-0.4, -0.2) is 40.6 Å². The van der Waals surface area contributed by atoms with E-state index >= 15 is 0 Å². The molecule has 24 heavy (non-hydrogen) atoms. The molecular weight excluding hydrogens is 332 g/mol. The van der Waals surface area contributed by atoms with Crippen LogP contribution >= 0.6 is 11.6 Å². The summed E-state index contributed by atoms with van der Waals surface area (Å²) in [6, 6.07) is 1.73. The van der Waals surface area contributed by atoms with Crippen molar-refractivity contribution in [3.05, 3.63) is 17.0 Å². The first-order chi connectivity index (χ1) is 11.5. The molecule has 0 N–H and O–H groups in total. The van der Waals surface area contributed by atoms with Crippen molar-refractivity contribution in [3.63, 3.8) is 0 Å². The van der Waals surface area contributed by atoms with Gasteiger partial charge in [0.1, 0.15) is 5.76 Å². The summed E-state index contributed by atoms with van der Waals surface area (Å²) in [7, 11) is 0. The number of carbonyl (C=O) groups excluding carboxylic acids is 2. The molecule has 2 aliphatic heterocycles. The summed E-state index contributed by atoms with van der Waals surface area (Å²) in [6.07, 6.45) is 4.05. The first-order valence-electron chi connectivity index (χ1n) is 8.61. The highest BCUT2D eigenvalue weighted by Crippen LogP contribution is 2.52. The summed E-state index contributed by atoms with van der Waals surface area (Å²) in [4.78, 5) is 27.2. The summed E-state index contributed by atoms with van der Waals surface area (Å²) in [5.41, 5.74) is -0.538. The van der Waals surface area contributed by atoms with E-state index in [1.54, 1.807) is 6.07 Å². The van der Waals surface area contributed by atoms with Gasteiger partial charge in [0.25, 0.3) is 0 Å². The quantitative estimate of drug-likeness (QED) is 0.734. The number of ether oxygens (including phenoxy) is 1. The van der Waals surface area contributed by atoms with E-state index < -0.39 is 5.41 Å². The first-order valence-corrected chi connectivity index (χ1v) is 8.99. The maximum atomic E-state index is 12.7. The lowest BCUT2D eigenvalue weighted by atomic mass is 9.72. The Hall–Kier alpha value is -1.56. The fraction of sp³-hybridized carbons (Fsp3) is 0.706. The van der Waals surface area contributed by atoms with Crippen molar-refractivity contribution in [1.82, 2.24) is 10.1 Å². The minimum Gasteiger partial charge on any atom is -0.466 e. The van der Waals surface area contributed by atoms with Gasteiger partial charge in [0.05, 0.1) is 12.0 Å². The van der Waals surface area contributed by atoms with E-state index in [0.717, 1.165) is 12.8 Å². The number of rotatable bonds is 6. The average molecular weight is 355 g/mol. The highest BCUT2D eigenvalue weighted by molar-refractivity contribution is 6.29. The van der Waals surface area contributed by atoms with Crippen LogP contribution in [0, 0.1) is 5.41 Å². The van der Waals surface area contributed by atoms with Crippen LogP contribution in [0.5, 0.6) is 0 Å². The van der Waals surface area contributed by atoms with Crippen molar-refractivity contribution < 1.29 is 18.8 Å². The summed E-state index contributed by atoms with van der Waals surface area (Å²) < 4.78 is 10.4. The molecule has 3 rings (SSSR count). The lowest BCUT2D eigenvalue weighted by Gasteiger charge is -2.34. The van der Waals surface area contributed by atoms with E-state index in [1.807, 2.05) is 18.7 Å². The van der Waals surface area contributed by atoms with Crippen LogP contribution in [0.15, 0.2) is 10.6 Å². The van der Waals surface area contributed by atoms with Gasteiger partial charge < -0.3 is 14.2 Å². The van der Waals surface area contributed by atoms with Gasteiger partial charge in [-0.05, 0) is 32.6 Å². The summed E-state index contributed by atoms with van der Waals surface area (Å²) in [5, 5.41) is 3.92. The van der Waals surface area contributed by atoms with Crippen LogP contribution in [0.3, 0.4) is 0 Å². The van der Waals surface area contributed by atoms with Gasteiger partial charge in [-0.2, -0.15) is 0 Å². The molecule has 2 aliphatic rings. The standard InChI is InChI=1S/C17H23ClN2O4/c1-3-17(16(22)23-4-2)10-11-5-7-13(17)20(11)15(21)8-6-12-9-14(18)19-24-12/h9,11,13H,3-8,10H2,1-2H3/t11-,13+,17+/m1/s1. The maximum Gasteiger partial charge on any atom is 0.314 e. The Kier molecular flexibility index (Phi) is 4.85. The SMILES string of the molecule is CCOC(=O)[C@@]1(CC)C[C@H]2CC[C@@H]1N2C(=O)CCc1cc(Cl)no1. The van der Waals surface area contributed by atoms with Crippen LogP contribution in [0.4, 0.5) is 0 Å². The number of fused-ring (bicyclic) bond motifs is 2. The molecule has 1 aromatic rings. The second-order valence-electron chi connectivity index (χ2n) is 6.60. The lowest BCUT2D eigenvalue weighted by Crippen LogP contribution is -2.45. The molecule has 0 aromatic carbocycles. The van der Waals surface area contributed by atoms with Crippen LogP contribution in [0.25, 0.3) is 0 Å². The number of amides is 1. The summed E-state index contributed by atoms with van der Waals surface area (Å²) >= 11 is 5.73.